The minimum atomic E-state index is -4.38. The van der Waals surface area contributed by atoms with Gasteiger partial charge in [0.25, 0.3) is 0 Å². The molecule has 9 heteroatoms. The molecular weight excluding hydrogens is 488 g/mol. The first-order valence-electron chi connectivity index (χ1n) is 8.48. The number of nitrogens with zero attached hydrogens (tertiary/aromatic N) is 2. The predicted molar refractivity (Wildman–Crippen MR) is 115 cm³/mol. The Morgan fingerprint density at radius 1 is 1.15 bits per heavy atom. The largest absolute Gasteiger partial charge is 0.434 e. The Bertz CT molecular complexity index is 714. The number of nitrogens with one attached hydrogen (secondary N) is 2. The van der Waals surface area contributed by atoms with E-state index in [0.717, 1.165) is 29.7 Å². The van der Waals surface area contributed by atoms with E-state index in [1.165, 1.54) is 11.1 Å². The molecule has 150 valence electrons. The van der Waals surface area contributed by atoms with E-state index in [0.29, 0.717) is 30.5 Å². The minimum Gasteiger partial charge on any atom is -0.357 e. The van der Waals surface area contributed by atoms with Crippen LogP contribution < -0.4 is 10.6 Å². The van der Waals surface area contributed by atoms with Crippen LogP contribution in [0.4, 0.5) is 13.2 Å². The molecule has 1 heterocycles. The van der Waals surface area contributed by atoms with Gasteiger partial charge in [0.05, 0.1) is 5.01 Å². The third-order valence-electron chi connectivity index (χ3n) is 3.61. The summed E-state index contributed by atoms with van der Waals surface area (Å²) in [4.78, 5) is 8.02. The summed E-state index contributed by atoms with van der Waals surface area (Å²) >= 11 is 1.02. The van der Waals surface area contributed by atoms with Crippen LogP contribution in [0.5, 0.6) is 0 Å². The molecule has 0 saturated heterocycles. The molecule has 2 N–H and O–H groups in total. The number of thiazole rings is 1. The predicted octanol–water partition coefficient (Wildman–Crippen LogP) is 4.43. The second-order valence-corrected chi connectivity index (χ2v) is 6.74. The molecule has 0 aliphatic carbocycles. The number of aliphatic imine (C=N–C) groups is 1. The first-order valence-corrected chi connectivity index (χ1v) is 9.35. The Labute approximate surface area is 178 Å². The highest BCUT2D eigenvalue weighted by Crippen LogP contribution is 2.30. The normalized spacial score (nSPS) is 11.8. The van der Waals surface area contributed by atoms with Gasteiger partial charge in [-0.3, -0.25) is 4.99 Å². The van der Waals surface area contributed by atoms with Crippen molar-refractivity contribution in [3.63, 3.8) is 0 Å². The van der Waals surface area contributed by atoms with Gasteiger partial charge in [0, 0.05) is 31.4 Å². The lowest BCUT2D eigenvalue weighted by Gasteiger charge is -2.11. The molecule has 0 saturated carbocycles. The van der Waals surface area contributed by atoms with Gasteiger partial charge in [0.15, 0.2) is 11.7 Å². The minimum absolute atomic E-state index is 0. The van der Waals surface area contributed by atoms with Gasteiger partial charge < -0.3 is 10.6 Å². The standard InChI is InChI=1S/C18H23F3N4S.HI/c1-3-22-17(23-10-8-14-6-4-13(2)5-7-14)24-11-9-16-25-15(12-26-16)18(19,20)21;/h4-7,12H,3,8-11H2,1-2H3,(H2,22,23,24);1H. The Hall–Kier alpha value is -1.36. The lowest BCUT2D eigenvalue weighted by Crippen LogP contribution is -2.38. The number of rotatable bonds is 7. The van der Waals surface area contributed by atoms with E-state index in [2.05, 4.69) is 51.8 Å². The van der Waals surface area contributed by atoms with Gasteiger partial charge in [-0.1, -0.05) is 29.8 Å². The molecule has 2 rings (SSSR count). The number of aromatic nitrogens is 1. The van der Waals surface area contributed by atoms with Crippen molar-refractivity contribution < 1.29 is 13.2 Å². The lowest BCUT2D eigenvalue weighted by atomic mass is 10.1. The van der Waals surface area contributed by atoms with E-state index in [1.54, 1.807) is 0 Å². The number of alkyl halides is 3. The molecule has 0 aliphatic rings. The number of hydrogen-bond donors (Lipinski definition) is 2. The highest BCUT2D eigenvalue weighted by atomic mass is 127. The van der Waals surface area contributed by atoms with E-state index >= 15 is 0 Å². The third-order valence-corrected chi connectivity index (χ3v) is 4.52. The van der Waals surface area contributed by atoms with Crippen molar-refractivity contribution in [3.8, 4) is 0 Å². The zero-order valence-corrected chi connectivity index (χ0v) is 18.4. The van der Waals surface area contributed by atoms with Gasteiger partial charge in [-0.2, -0.15) is 13.2 Å². The van der Waals surface area contributed by atoms with Crippen LogP contribution in [-0.4, -0.2) is 30.6 Å². The van der Waals surface area contributed by atoms with Crippen molar-refractivity contribution in [2.45, 2.75) is 32.9 Å². The monoisotopic (exact) mass is 512 g/mol. The van der Waals surface area contributed by atoms with E-state index in [9.17, 15) is 13.2 Å². The second kappa shape index (κ2) is 11.5. The zero-order chi connectivity index (χ0) is 19.0. The molecular formula is C18H24F3IN4S. The maximum Gasteiger partial charge on any atom is 0.434 e. The molecule has 0 amide bonds. The van der Waals surface area contributed by atoms with Crippen molar-refractivity contribution in [3.05, 3.63) is 51.5 Å². The quantitative estimate of drug-likeness (QED) is 0.328. The molecule has 2 aromatic rings. The zero-order valence-electron chi connectivity index (χ0n) is 15.3. The molecule has 0 bridgehead atoms. The molecule has 0 atom stereocenters. The first-order chi connectivity index (χ1) is 12.4. The molecule has 0 radical (unpaired) electrons. The molecule has 4 nitrogen and oxygen atoms in total. The molecule has 27 heavy (non-hydrogen) atoms. The van der Waals surface area contributed by atoms with Gasteiger partial charge in [-0.25, -0.2) is 4.98 Å². The van der Waals surface area contributed by atoms with E-state index in [-0.39, 0.29) is 24.0 Å². The summed E-state index contributed by atoms with van der Waals surface area (Å²) < 4.78 is 37.7. The summed E-state index contributed by atoms with van der Waals surface area (Å²) in [5.74, 6) is 0.659. The van der Waals surface area contributed by atoms with Crippen LogP contribution in [-0.2, 0) is 19.0 Å². The fourth-order valence-corrected chi connectivity index (χ4v) is 3.04. The smallest absolute Gasteiger partial charge is 0.357 e. The average molecular weight is 512 g/mol. The van der Waals surface area contributed by atoms with Gasteiger partial charge >= 0.3 is 6.18 Å². The highest BCUT2D eigenvalue weighted by molar-refractivity contribution is 14.0. The average Bonchev–Trinajstić information content (AvgIpc) is 3.06. The summed E-state index contributed by atoms with van der Waals surface area (Å²) in [5.41, 5.74) is 1.64. The number of benzene rings is 1. The van der Waals surface area contributed by atoms with Crippen LogP contribution in [0.3, 0.4) is 0 Å². The fourth-order valence-electron chi connectivity index (χ4n) is 2.24. The van der Waals surface area contributed by atoms with Crippen molar-refractivity contribution in [1.29, 1.82) is 0 Å². The molecule has 0 fully saturated rings. The number of aryl methyl sites for hydroxylation is 1. The van der Waals surface area contributed by atoms with E-state index in [4.69, 9.17) is 0 Å². The number of hydrogen-bond acceptors (Lipinski definition) is 3. The Balaban J connectivity index is 0.00000364. The van der Waals surface area contributed by atoms with Gasteiger partial charge in [0.1, 0.15) is 0 Å². The maximum absolute atomic E-state index is 12.6. The van der Waals surface area contributed by atoms with Crippen molar-refractivity contribution in [2.24, 2.45) is 4.99 Å². The number of guanidine groups is 1. The van der Waals surface area contributed by atoms with Crippen LogP contribution in [0, 0.1) is 6.92 Å². The Morgan fingerprint density at radius 2 is 1.85 bits per heavy atom. The maximum atomic E-state index is 12.6. The summed E-state index contributed by atoms with van der Waals surface area (Å²) in [5, 5.41) is 7.86. The lowest BCUT2D eigenvalue weighted by molar-refractivity contribution is -0.140. The Kier molecular flexibility index (Phi) is 10.1. The molecule has 1 aromatic heterocycles. The van der Waals surface area contributed by atoms with Gasteiger partial charge in [-0.15, -0.1) is 35.3 Å². The van der Waals surface area contributed by atoms with Crippen molar-refractivity contribution >= 4 is 41.3 Å². The van der Waals surface area contributed by atoms with Gasteiger partial charge in [-0.05, 0) is 25.8 Å². The van der Waals surface area contributed by atoms with Crippen LogP contribution in [0.2, 0.25) is 0 Å². The summed E-state index contributed by atoms with van der Waals surface area (Å²) in [7, 11) is 0. The van der Waals surface area contributed by atoms with Crippen molar-refractivity contribution in [1.82, 2.24) is 15.6 Å². The summed E-state index contributed by atoms with van der Waals surface area (Å²) in [6.07, 6.45) is -3.13. The first kappa shape index (κ1) is 23.7. The third kappa shape index (κ3) is 8.46. The molecule has 0 aliphatic heterocycles. The van der Waals surface area contributed by atoms with Crippen LogP contribution in [0.25, 0.3) is 0 Å². The summed E-state index contributed by atoms with van der Waals surface area (Å²) in [6.45, 7) is 5.84. The molecule has 0 unspecified atom stereocenters. The van der Waals surface area contributed by atoms with E-state index < -0.39 is 11.9 Å². The fraction of sp³-hybridized carbons (Fsp3) is 0.444. The van der Waals surface area contributed by atoms with Crippen LogP contribution in [0.15, 0.2) is 34.6 Å². The van der Waals surface area contributed by atoms with Gasteiger partial charge in [0.2, 0.25) is 0 Å². The SMILES string of the molecule is CCNC(=NCCc1nc(C(F)(F)F)cs1)NCCc1ccc(C)cc1.I. The number of halogens is 4. The van der Waals surface area contributed by atoms with Crippen LogP contribution >= 0.6 is 35.3 Å². The molecule has 0 spiro atoms. The van der Waals surface area contributed by atoms with Crippen LogP contribution in [0.1, 0.15) is 28.8 Å². The Morgan fingerprint density at radius 3 is 2.44 bits per heavy atom. The highest BCUT2D eigenvalue weighted by Gasteiger charge is 2.33. The topological polar surface area (TPSA) is 49.3 Å². The second-order valence-electron chi connectivity index (χ2n) is 5.80. The van der Waals surface area contributed by atoms with E-state index in [1.807, 2.05) is 6.92 Å². The summed E-state index contributed by atoms with van der Waals surface area (Å²) in [6, 6.07) is 8.36. The molecule has 1 aromatic carbocycles. The van der Waals surface area contributed by atoms with Crippen molar-refractivity contribution in [2.75, 3.05) is 19.6 Å².